The molecule has 0 radical (unpaired) electrons. The zero-order chi connectivity index (χ0) is 15.6. The number of carboxylic acids is 1. The SMILES string of the molecule is Cc1cc(C(=O)O)ccc1NC(=O)NC1CCCC1(C)C. The third-order valence-electron chi connectivity index (χ3n) is 4.28. The van der Waals surface area contributed by atoms with Crippen molar-refractivity contribution in [2.45, 2.75) is 46.1 Å². The van der Waals surface area contributed by atoms with E-state index in [1.165, 1.54) is 6.07 Å². The minimum absolute atomic E-state index is 0.125. The Balaban J connectivity index is 2.01. The molecule has 5 nitrogen and oxygen atoms in total. The van der Waals surface area contributed by atoms with Gasteiger partial charge in [0.05, 0.1) is 5.56 Å². The fraction of sp³-hybridized carbons (Fsp3) is 0.500. The molecule has 0 bridgehead atoms. The number of carboxylic acid groups (broad SMARTS) is 1. The van der Waals surface area contributed by atoms with E-state index < -0.39 is 5.97 Å². The number of aromatic carboxylic acids is 1. The Hall–Kier alpha value is -2.04. The molecular formula is C16H22N2O3. The number of carbonyl (C=O) groups is 2. The summed E-state index contributed by atoms with van der Waals surface area (Å²) in [6.07, 6.45) is 3.24. The molecule has 1 saturated carbocycles. The fourth-order valence-electron chi connectivity index (χ4n) is 2.85. The quantitative estimate of drug-likeness (QED) is 0.798. The highest BCUT2D eigenvalue weighted by Gasteiger charge is 2.35. The minimum Gasteiger partial charge on any atom is -0.478 e. The lowest BCUT2D eigenvalue weighted by molar-refractivity contribution is 0.0697. The Morgan fingerprint density at radius 3 is 2.57 bits per heavy atom. The molecule has 2 rings (SSSR count). The smallest absolute Gasteiger partial charge is 0.335 e. The summed E-state index contributed by atoms with van der Waals surface area (Å²) in [5.41, 5.74) is 1.71. The molecule has 1 aliphatic rings. The van der Waals surface area contributed by atoms with E-state index in [0.29, 0.717) is 5.69 Å². The van der Waals surface area contributed by atoms with Crippen LogP contribution in [0.3, 0.4) is 0 Å². The van der Waals surface area contributed by atoms with E-state index in [1.54, 1.807) is 19.1 Å². The summed E-state index contributed by atoms with van der Waals surface area (Å²) in [5, 5.41) is 14.7. The monoisotopic (exact) mass is 290 g/mol. The highest BCUT2D eigenvalue weighted by atomic mass is 16.4. The first-order chi connectivity index (χ1) is 9.79. The van der Waals surface area contributed by atoms with Gasteiger partial charge in [0, 0.05) is 11.7 Å². The standard InChI is InChI=1S/C16H22N2O3/c1-10-9-11(14(19)20)6-7-12(10)17-15(21)18-13-5-4-8-16(13,2)3/h6-7,9,13H,4-5,8H2,1-3H3,(H,19,20)(H2,17,18,21). The van der Waals surface area contributed by atoms with Crippen LogP contribution in [0.25, 0.3) is 0 Å². The van der Waals surface area contributed by atoms with Gasteiger partial charge >= 0.3 is 12.0 Å². The molecule has 3 N–H and O–H groups in total. The van der Waals surface area contributed by atoms with Gasteiger partial charge in [-0.2, -0.15) is 0 Å². The van der Waals surface area contributed by atoms with Crippen LogP contribution in [0, 0.1) is 12.3 Å². The van der Waals surface area contributed by atoms with Gasteiger partial charge in [0.15, 0.2) is 0 Å². The Morgan fingerprint density at radius 2 is 2.05 bits per heavy atom. The first-order valence-electron chi connectivity index (χ1n) is 7.21. The lowest BCUT2D eigenvalue weighted by atomic mass is 9.87. The van der Waals surface area contributed by atoms with E-state index in [9.17, 15) is 9.59 Å². The molecule has 0 aliphatic heterocycles. The number of aryl methyl sites for hydroxylation is 1. The lowest BCUT2D eigenvalue weighted by Crippen LogP contribution is -2.43. The van der Waals surface area contributed by atoms with Crippen molar-refractivity contribution < 1.29 is 14.7 Å². The number of benzene rings is 1. The Kier molecular flexibility index (Phi) is 4.21. The molecule has 0 saturated heterocycles. The Labute approximate surface area is 124 Å². The average molecular weight is 290 g/mol. The van der Waals surface area contributed by atoms with Gasteiger partial charge in [-0.15, -0.1) is 0 Å². The van der Waals surface area contributed by atoms with Crippen LogP contribution in [0.15, 0.2) is 18.2 Å². The van der Waals surface area contributed by atoms with E-state index in [-0.39, 0.29) is 23.1 Å². The maximum atomic E-state index is 12.1. The van der Waals surface area contributed by atoms with Gasteiger partial charge in [-0.25, -0.2) is 9.59 Å². The normalized spacial score (nSPS) is 20.0. The third kappa shape index (κ3) is 3.54. The highest BCUT2D eigenvalue weighted by molar-refractivity contribution is 5.92. The Bertz CT molecular complexity index is 567. The average Bonchev–Trinajstić information content (AvgIpc) is 2.71. The number of hydrogen-bond donors (Lipinski definition) is 3. The van der Waals surface area contributed by atoms with Crippen molar-refractivity contribution in [1.29, 1.82) is 0 Å². The van der Waals surface area contributed by atoms with Gasteiger partial charge in [-0.3, -0.25) is 0 Å². The zero-order valence-corrected chi connectivity index (χ0v) is 12.7. The number of carbonyl (C=O) groups excluding carboxylic acids is 1. The van der Waals surface area contributed by atoms with Crippen LogP contribution < -0.4 is 10.6 Å². The van der Waals surface area contributed by atoms with Gasteiger partial charge in [-0.1, -0.05) is 20.3 Å². The molecule has 1 aliphatic carbocycles. The molecule has 0 aromatic heterocycles. The molecule has 1 fully saturated rings. The van der Waals surface area contributed by atoms with E-state index in [2.05, 4.69) is 24.5 Å². The molecule has 1 aromatic carbocycles. The van der Waals surface area contributed by atoms with Gasteiger partial charge in [0.2, 0.25) is 0 Å². The summed E-state index contributed by atoms with van der Waals surface area (Å²) in [6.45, 7) is 6.11. The number of amides is 2. The van der Waals surface area contributed by atoms with Gasteiger partial charge in [0.25, 0.3) is 0 Å². The topological polar surface area (TPSA) is 78.4 Å². The number of rotatable bonds is 3. The van der Waals surface area contributed by atoms with Crippen LogP contribution in [-0.2, 0) is 0 Å². The lowest BCUT2D eigenvalue weighted by Gasteiger charge is -2.27. The van der Waals surface area contributed by atoms with E-state index in [1.807, 2.05) is 0 Å². The van der Waals surface area contributed by atoms with Crippen molar-refractivity contribution in [2.75, 3.05) is 5.32 Å². The van der Waals surface area contributed by atoms with Crippen LogP contribution in [-0.4, -0.2) is 23.1 Å². The number of hydrogen-bond acceptors (Lipinski definition) is 2. The molecule has 0 spiro atoms. The van der Waals surface area contributed by atoms with Gasteiger partial charge in [0.1, 0.15) is 0 Å². The zero-order valence-electron chi connectivity index (χ0n) is 12.7. The fourth-order valence-corrected chi connectivity index (χ4v) is 2.85. The van der Waals surface area contributed by atoms with Crippen molar-refractivity contribution >= 4 is 17.7 Å². The highest BCUT2D eigenvalue weighted by Crippen LogP contribution is 2.37. The summed E-state index contributed by atoms with van der Waals surface area (Å²) >= 11 is 0. The van der Waals surface area contributed by atoms with Crippen LogP contribution >= 0.6 is 0 Å². The van der Waals surface area contributed by atoms with E-state index in [0.717, 1.165) is 24.8 Å². The molecule has 5 heteroatoms. The van der Waals surface area contributed by atoms with Crippen LogP contribution in [0.5, 0.6) is 0 Å². The maximum Gasteiger partial charge on any atom is 0.335 e. The first-order valence-corrected chi connectivity index (χ1v) is 7.21. The minimum atomic E-state index is -0.971. The summed E-state index contributed by atoms with van der Waals surface area (Å²) in [6, 6.07) is 4.61. The van der Waals surface area contributed by atoms with E-state index in [4.69, 9.17) is 5.11 Å². The second-order valence-corrected chi connectivity index (χ2v) is 6.37. The number of urea groups is 1. The third-order valence-corrected chi connectivity index (χ3v) is 4.28. The first kappa shape index (κ1) is 15.4. The van der Waals surface area contributed by atoms with Crippen LogP contribution in [0.2, 0.25) is 0 Å². The molecule has 1 atom stereocenters. The van der Waals surface area contributed by atoms with Crippen molar-refractivity contribution in [2.24, 2.45) is 5.41 Å². The molecule has 0 heterocycles. The Morgan fingerprint density at radius 1 is 1.33 bits per heavy atom. The van der Waals surface area contributed by atoms with Crippen molar-refractivity contribution in [3.05, 3.63) is 29.3 Å². The van der Waals surface area contributed by atoms with Crippen molar-refractivity contribution in [3.8, 4) is 0 Å². The predicted octanol–water partition coefficient (Wildman–Crippen LogP) is 3.39. The number of nitrogens with one attached hydrogen (secondary N) is 2. The molecule has 114 valence electrons. The molecule has 21 heavy (non-hydrogen) atoms. The summed E-state index contributed by atoms with van der Waals surface area (Å²) < 4.78 is 0. The summed E-state index contributed by atoms with van der Waals surface area (Å²) in [5.74, 6) is -0.971. The number of anilines is 1. The van der Waals surface area contributed by atoms with Gasteiger partial charge in [-0.05, 0) is 48.9 Å². The van der Waals surface area contributed by atoms with E-state index >= 15 is 0 Å². The molecule has 2 amide bonds. The summed E-state index contributed by atoms with van der Waals surface area (Å²) in [7, 11) is 0. The largest absolute Gasteiger partial charge is 0.478 e. The molecule has 1 unspecified atom stereocenters. The summed E-state index contributed by atoms with van der Waals surface area (Å²) in [4.78, 5) is 23.0. The van der Waals surface area contributed by atoms with Crippen LogP contribution in [0.1, 0.15) is 49.0 Å². The van der Waals surface area contributed by atoms with Gasteiger partial charge < -0.3 is 15.7 Å². The predicted molar refractivity (Wildman–Crippen MR) is 81.7 cm³/mol. The second kappa shape index (κ2) is 5.76. The maximum absolute atomic E-state index is 12.1. The van der Waals surface area contributed by atoms with Crippen molar-refractivity contribution in [1.82, 2.24) is 5.32 Å². The molecular weight excluding hydrogens is 268 g/mol. The van der Waals surface area contributed by atoms with Crippen molar-refractivity contribution in [3.63, 3.8) is 0 Å². The molecule has 1 aromatic rings. The second-order valence-electron chi connectivity index (χ2n) is 6.37. The van der Waals surface area contributed by atoms with Crippen LogP contribution in [0.4, 0.5) is 10.5 Å².